The van der Waals surface area contributed by atoms with Crippen molar-refractivity contribution in [1.82, 2.24) is 0 Å². The van der Waals surface area contributed by atoms with E-state index in [1.165, 1.54) is 25.7 Å². The van der Waals surface area contributed by atoms with Crippen molar-refractivity contribution < 1.29 is 22.7 Å². The molecule has 143 valence electrons. The molecule has 3 aliphatic carbocycles. The Bertz CT molecular complexity index is 430. The average molecular weight is 359 g/mol. The SMILES string of the molecule is CC1CC[C](C2CCC(C(=O)OC3CC(F)C(F)C(F)C3)CC2)CC1. The molecule has 0 spiro atoms. The molecule has 0 bridgehead atoms. The summed E-state index contributed by atoms with van der Waals surface area (Å²) in [5.41, 5.74) is 0. The van der Waals surface area contributed by atoms with Crippen molar-refractivity contribution in [3.8, 4) is 0 Å². The van der Waals surface area contributed by atoms with Gasteiger partial charge in [-0.15, -0.1) is 0 Å². The fraction of sp³-hybridized carbons (Fsp3) is 0.900. The van der Waals surface area contributed by atoms with Gasteiger partial charge in [-0.2, -0.15) is 0 Å². The number of carbonyl (C=O) groups is 1. The lowest BCUT2D eigenvalue weighted by atomic mass is 9.69. The quantitative estimate of drug-likeness (QED) is 0.640. The highest BCUT2D eigenvalue weighted by atomic mass is 19.2. The first kappa shape index (κ1) is 19.0. The van der Waals surface area contributed by atoms with Gasteiger partial charge in [0.2, 0.25) is 0 Å². The van der Waals surface area contributed by atoms with Crippen LogP contribution in [-0.2, 0) is 9.53 Å². The Balaban J connectivity index is 1.42. The van der Waals surface area contributed by atoms with Gasteiger partial charge in [-0.25, -0.2) is 13.2 Å². The molecule has 3 saturated carbocycles. The molecular weight excluding hydrogens is 329 g/mol. The first-order valence-corrected chi connectivity index (χ1v) is 9.91. The summed E-state index contributed by atoms with van der Waals surface area (Å²) < 4.78 is 45.4. The monoisotopic (exact) mass is 359 g/mol. The van der Waals surface area contributed by atoms with Crippen LogP contribution in [0.1, 0.15) is 71.1 Å². The van der Waals surface area contributed by atoms with Crippen LogP contribution in [0.5, 0.6) is 0 Å². The molecule has 25 heavy (non-hydrogen) atoms. The largest absolute Gasteiger partial charge is 0.462 e. The minimum atomic E-state index is -2.08. The lowest BCUT2D eigenvalue weighted by molar-refractivity contribution is -0.161. The highest BCUT2D eigenvalue weighted by Crippen LogP contribution is 2.43. The number of rotatable bonds is 3. The molecule has 0 heterocycles. The number of esters is 1. The van der Waals surface area contributed by atoms with Gasteiger partial charge in [0.05, 0.1) is 5.92 Å². The molecule has 0 amide bonds. The van der Waals surface area contributed by atoms with E-state index in [9.17, 15) is 18.0 Å². The standard InChI is InChI=1S/C20H30F3O2/c1-12-2-4-13(5-3-12)14-6-8-15(9-7-14)20(24)25-16-10-17(21)19(23)18(22)11-16/h12,14-19H,2-11H2,1H3. The molecule has 2 nitrogen and oxygen atoms in total. The topological polar surface area (TPSA) is 26.3 Å². The van der Waals surface area contributed by atoms with Crippen LogP contribution in [0.3, 0.4) is 0 Å². The van der Waals surface area contributed by atoms with Crippen LogP contribution in [0.2, 0.25) is 0 Å². The lowest BCUT2D eigenvalue weighted by Gasteiger charge is -2.37. The summed E-state index contributed by atoms with van der Waals surface area (Å²) in [6.07, 6.45) is 1.52. The van der Waals surface area contributed by atoms with E-state index in [1.807, 2.05) is 0 Å². The van der Waals surface area contributed by atoms with E-state index in [-0.39, 0.29) is 24.7 Å². The smallest absolute Gasteiger partial charge is 0.309 e. The minimum Gasteiger partial charge on any atom is -0.462 e. The van der Waals surface area contributed by atoms with E-state index in [1.54, 1.807) is 5.92 Å². The van der Waals surface area contributed by atoms with Crippen LogP contribution < -0.4 is 0 Å². The van der Waals surface area contributed by atoms with Crippen molar-refractivity contribution in [2.45, 2.75) is 95.8 Å². The molecule has 0 aromatic carbocycles. The van der Waals surface area contributed by atoms with Crippen molar-refractivity contribution >= 4 is 5.97 Å². The van der Waals surface area contributed by atoms with Crippen LogP contribution in [0, 0.1) is 23.7 Å². The van der Waals surface area contributed by atoms with E-state index < -0.39 is 24.6 Å². The zero-order valence-electron chi connectivity index (χ0n) is 15.1. The summed E-state index contributed by atoms with van der Waals surface area (Å²) in [5.74, 6) is 2.62. The normalized spacial score (nSPS) is 41.4. The number of halogens is 3. The average Bonchev–Trinajstić information content (AvgIpc) is 2.60. The third-order valence-corrected chi connectivity index (χ3v) is 6.50. The minimum absolute atomic E-state index is 0.168. The van der Waals surface area contributed by atoms with E-state index in [4.69, 9.17) is 4.74 Å². The summed E-state index contributed by atoms with van der Waals surface area (Å²) in [6.45, 7) is 2.31. The van der Waals surface area contributed by atoms with Crippen LogP contribution in [0.25, 0.3) is 0 Å². The van der Waals surface area contributed by atoms with Crippen molar-refractivity contribution in [3.63, 3.8) is 0 Å². The van der Waals surface area contributed by atoms with Gasteiger partial charge < -0.3 is 4.74 Å². The molecule has 0 saturated heterocycles. The highest BCUT2D eigenvalue weighted by molar-refractivity contribution is 5.72. The Hall–Kier alpha value is -0.740. The molecule has 2 unspecified atom stereocenters. The predicted octanol–water partition coefficient (Wildman–Crippen LogP) is 5.30. The Kier molecular flexibility index (Phi) is 6.32. The van der Waals surface area contributed by atoms with Crippen LogP contribution in [0.15, 0.2) is 0 Å². The number of alkyl halides is 3. The fourth-order valence-corrected chi connectivity index (χ4v) is 4.72. The summed E-state index contributed by atoms with van der Waals surface area (Å²) in [5, 5.41) is 0. The van der Waals surface area contributed by atoms with Gasteiger partial charge in [0.25, 0.3) is 0 Å². The second-order valence-electron chi connectivity index (χ2n) is 8.40. The molecular formula is C20H30F3O2. The summed E-state index contributed by atoms with van der Waals surface area (Å²) in [6, 6.07) is 0. The van der Waals surface area contributed by atoms with Gasteiger partial charge in [0.1, 0.15) is 18.4 Å². The molecule has 3 aliphatic rings. The van der Waals surface area contributed by atoms with Gasteiger partial charge in [-0.05, 0) is 56.3 Å². The summed E-state index contributed by atoms with van der Waals surface area (Å²) in [7, 11) is 0. The maximum absolute atomic E-state index is 13.4. The van der Waals surface area contributed by atoms with Gasteiger partial charge in [-0.1, -0.05) is 19.8 Å². The molecule has 0 aromatic heterocycles. The third kappa shape index (κ3) is 4.71. The van der Waals surface area contributed by atoms with E-state index in [2.05, 4.69) is 6.92 Å². The molecule has 3 fully saturated rings. The number of carbonyl (C=O) groups excluding carboxylic acids is 1. The van der Waals surface area contributed by atoms with Crippen molar-refractivity contribution in [1.29, 1.82) is 0 Å². The van der Waals surface area contributed by atoms with Crippen molar-refractivity contribution in [2.24, 2.45) is 17.8 Å². The number of hydrogen-bond donors (Lipinski definition) is 0. The second kappa shape index (κ2) is 8.30. The molecule has 3 rings (SSSR count). The highest BCUT2D eigenvalue weighted by Gasteiger charge is 2.41. The molecule has 1 radical (unpaired) electrons. The first-order chi connectivity index (χ1) is 11.9. The van der Waals surface area contributed by atoms with Crippen molar-refractivity contribution in [3.05, 3.63) is 5.92 Å². The maximum Gasteiger partial charge on any atom is 0.309 e. The van der Waals surface area contributed by atoms with Crippen molar-refractivity contribution in [2.75, 3.05) is 0 Å². The third-order valence-electron chi connectivity index (χ3n) is 6.50. The van der Waals surface area contributed by atoms with E-state index in [0.717, 1.165) is 31.6 Å². The van der Waals surface area contributed by atoms with Crippen LogP contribution in [-0.4, -0.2) is 30.6 Å². The second-order valence-corrected chi connectivity index (χ2v) is 8.40. The van der Waals surface area contributed by atoms with Crippen LogP contribution in [0.4, 0.5) is 13.2 Å². The maximum atomic E-state index is 13.4. The zero-order chi connectivity index (χ0) is 18.0. The summed E-state index contributed by atoms with van der Waals surface area (Å²) in [4.78, 5) is 12.3. The fourth-order valence-electron chi connectivity index (χ4n) is 4.72. The molecule has 0 N–H and O–H groups in total. The number of ether oxygens (including phenoxy) is 1. The van der Waals surface area contributed by atoms with Gasteiger partial charge in [-0.3, -0.25) is 4.79 Å². The van der Waals surface area contributed by atoms with E-state index in [0.29, 0.717) is 5.92 Å². The number of hydrogen-bond acceptors (Lipinski definition) is 2. The summed E-state index contributed by atoms with van der Waals surface area (Å²) >= 11 is 0. The van der Waals surface area contributed by atoms with E-state index >= 15 is 0 Å². The predicted molar refractivity (Wildman–Crippen MR) is 90.1 cm³/mol. The van der Waals surface area contributed by atoms with Gasteiger partial charge >= 0.3 is 5.97 Å². The van der Waals surface area contributed by atoms with Crippen LogP contribution >= 0.6 is 0 Å². The van der Waals surface area contributed by atoms with Gasteiger partial charge in [0.15, 0.2) is 6.17 Å². The molecule has 0 aliphatic heterocycles. The Labute approximate surface area is 148 Å². The molecule has 5 heteroatoms. The Morgan fingerprint density at radius 2 is 1.48 bits per heavy atom. The Morgan fingerprint density at radius 1 is 0.920 bits per heavy atom. The van der Waals surface area contributed by atoms with Gasteiger partial charge in [0, 0.05) is 12.8 Å². The first-order valence-electron chi connectivity index (χ1n) is 9.91. The Morgan fingerprint density at radius 3 is 2.04 bits per heavy atom. The molecule has 0 aromatic rings. The lowest BCUT2D eigenvalue weighted by Crippen LogP contribution is -2.42. The zero-order valence-corrected chi connectivity index (χ0v) is 15.1. The molecule has 2 atom stereocenters.